The van der Waals surface area contributed by atoms with Crippen molar-refractivity contribution >= 4 is 6.29 Å². The molecule has 2 aliphatic carbocycles. The van der Waals surface area contributed by atoms with Gasteiger partial charge in [-0.1, -0.05) is 20.3 Å². The lowest BCUT2D eigenvalue weighted by atomic mass is 9.62. The standard InChI is InChI=1S/C13H22O2/c1-9(8-14)10-5-6-11-12(15)4-3-7-13(10,11)2/h8-12,15H,3-7H2,1-2H3/t9-,10-,11?,12+,13-/m1/s1/i15T. The Morgan fingerprint density at radius 2 is 2.33 bits per heavy atom. The van der Waals surface area contributed by atoms with Gasteiger partial charge in [0, 0.05) is 5.92 Å². The first-order valence-corrected chi connectivity index (χ1v) is 6.20. The van der Waals surface area contributed by atoms with Crippen LogP contribution in [0.15, 0.2) is 0 Å². The maximum atomic E-state index is 11.0. The van der Waals surface area contributed by atoms with Gasteiger partial charge in [-0.3, -0.25) is 0 Å². The minimum atomic E-state index is 0.0996. The molecule has 1 N–H and O–H groups in total. The van der Waals surface area contributed by atoms with E-state index in [-0.39, 0.29) is 17.4 Å². The molecule has 86 valence electrons. The van der Waals surface area contributed by atoms with Crippen LogP contribution in [0.1, 0.15) is 46.0 Å². The minimum absolute atomic E-state index is 0.0996. The van der Waals surface area contributed by atoms with Crippen LogP contribution in [0.5, 0.6) is 0 Å². The Balaban J connectivity index is 2.20. The van der Waals surface area contributed by atoms with Gasteiger partial charge in [-0.05, 0) is 42.9 Å². The van der Waals surface area contributed by atoms with Crippen LogP contribution < -0.4 is 0 Å². The number of hydrogen-bond donors (Lipinski definition) is 1. The summed E-state index contributed by atoms with van der Waals surface area (Å²) >= 11 is 0. The molecule has 0 aliphatic heterocycles. The van der Waals surface area contributed by atoms with Gasteiger partial charge in [-0.15, -0.1) is 0 Å². The zero-order chi connectivity index (χ0) is 11.8. The zero-order valence-corrected chi connectivity index (χ0v) is 9.74. The summed E-state index contributed by atoms with van der Waals surface area (Å²) in [6, 6.07) is 0. The Kier molecular flexibility index (Phi) is 2.55. The van der Waals surface area contributed by atoms with E-state index in [4.69, 9.17) is 6.54 Å². The van der Waals surface area contributed by atoms with Gasteiger partial charge in [-0.2, -0.15) is 0 Å². The predicted octanol–water partition coefficient (Wildman–Crippen LogP) is 2.40. The molecular weight excluding hydrogens is 188 g/mol. The van der Waals surface area contributed by atoms with E-state index >= 15 is 0 Å². The lowest BCUT2D eigenvalue weighted by molar-refractivity contribution is -0.114. The molecule has 2 nitrogen and oxygen atoms in total. The quantitative estimate of drug-likeness (QED) is 0.729. The Labute approximate surface area is 93.6 Å². The highest BCUT2D eigenvalue weighted by atomic mass is 16.3. The first-order valence-electron chi connectivity index (χ1n) is 6.61. The van der Waals surface area contributed by atoms with Crippen LogP contribution in [0, 0.1) is 23.2 Å². The van der Waals surface area contributed by atoms with Crippen molar-refractivity contribution in [2.24, 2.45) is 23.2 Å². The third-order valence-corrected chi connectivity index (χ3v) is 4.98. The highest BCUT2D eigenvalue weighted by Gasteiger charge is 2.52. The fourth-order valence-corrected chi connectivity index (χ4v) is 4.12. The SMILES string of the molecule is [3H]O[C@H]1CCC[C@@]2(C)C1CC[C@@H]2[C@H](C)C=O. The second kappa shape index (κ2) is 3.89. The molecule has 0 radical (unpaired) electrons. The van der Waals surface area contributed by atoms with Crippen LogP contribution in [-0.2, 0) is 4.79 Å². The normalized spacial score (nSPS) is 48.1. The number of carbonyl (C=O) groups excluding carboxylic acids is 1. The summed E-state index contributed by atoms with van der Waals surface area (Å²) in [5.74, 6) is 1.14. The Morgan fingerprint density at radius 3 is 3.00 bits per heavy atom. The summed E-state index contributed by atoms with van der Waals surface area (Å²) < 4.78 is 7.18. The number of hydrogen-bond acceptors (Lipinski definition) is 2. The van der Waals surface area contributed by atoms with E-state index in [9.17, 15) is 4.79 Å². The van der Waals surface area contributed by atoms with Crippen molar-refractivity contribution in [2.75, 3.05) is 0 Å². The predicted molar refractivity (Wildman–Crippen MR) is 59.4 cm³/mol. The molecule has 0 bridgehead atoms. The van der Waals surface area contributed by atoms with Crippen molar-refractivity contribution in [3.8, 4) is 0 Å². The topological polar surface area (TPSA) is 37.3 Å². The van der Waals surface area contributed by atoms with Gasteiger partial charge in [0.25, 0.3) is 0 Å². The van der Waals surface area contributed by atoms with E-state index < -0.39 is 0 Å². The van der Waals surface area contributed by atoms with Gasteiger partial charge in [-0.25, -0.2) is 0 Å². The second-order valence-electron chi connectivity index (χ2n) is 5.72. The van der Waals surface area contributed by atoms with Crippen molar-refractivity contribution in [3.05, 3.63) is 0 Å². The molecule has 2 rings (SSSR count). The van der Waals surface area contributed by atoms with Crippen molar-refractivity contribution in [2.45, 2.75) is 52.1 Å². The molecule has 0 aromatic heterocycles. The van der Waals surface area contributed by atoms with Gasteiger partial charge in [0.15, 0.2) is 0 Å². The van der Waals surface area contributed by atoms with E-state index in [0.717, 1.165) is 32.0 Å². The molecular formula is C13H22O2. The first kappa shape index (κ1) is 9.83. The summed E-state index contributed by atoms with van der Waals surface area (Å²) in [6.07, 6.45) is 6.81. The van der Waals surface area contributed by atoms with E-state index in [2.05, 4.69) is 6.92 Å². The molecule has 1 unspecified atom stereocenters. The van der Waals surface area contributed by atoms with Crippen molar-refractivity contribution in [1.29, 1.82) is 1.43 Å². The summed E-state index contributed by atoms with van der Waals surface area (Å²) in [5.41, 5.74) is 0.226. The minimum Gasteiger partial charge on any atom is -0.393 e. The highest BCUT2D eigenvalue weighted by molar-refractivity contribution is 5.53. The average Bonchev–Trinajstić information content (AvgIpc) is 2.64. The number of fused-ring (bicyclic) bond motifs is 1. The van der Waals surface area contributed by atoms with E-state index in [1.807, 2.05) is 6.92 Å². The Hall–Kier alpha value is -0.370. The second-order valence-corrected chi connectivity index (χ2v) is 5.72. The maximum Gasteiger partial charge on any atom is 0.210 e. The van der Waals surface area contributed by atoms with E-state index in [1.165, 1.54) is 6.42 Å². The van der Waals surface area contributed by atoms with Crippen LogP contribution in [0.2, 0.25) is 0 Å². The Morgan fingerprint density at radius 1 is 1.53 bits per heavy atom. The third kappa shape index (κ3) is 1.63. The average molecular weight is 212 g/mol. The van der Waals surface area contributed by atoms with Crippen molar-refractivity contribution < 1.29 is 9.90 Å². The number of carbonyl (C=O) groups is 1. The Bertz CT molecular complexity index is 269. The van der Waals surface area contributed by atoms with Gasteiger partial charge < -0.3 is 9.90 Å². The number of aliphatic hydroxyl groups is 1. The summed E-state index contributed by atoms with van der Waals surface area (Å²) in [7, 11) is 0. The molecule has 5 atom stereocenters. The van der Waals surface area contributed by atoms with Crippen LogP contribution >= 0.6 is 0 Å². The van der Waals surface area contributed by atoms with Gasteiger partial charge in [0.05, 0.1) is 6.10 Å². The first-order chi connectivity index (χ1) is 7.63. The summed E-state index contributed by atoms with van der Waals surface area (Å²) in [6.45, 7) is 4.34. The van der Waals surface area contributed by atoms with E-state index in [0.29, 0.717) is 11.8 Å². The molecule has 0 heterocycles. The van der Waals surface area contributed by atoms with Gasteiger partial charge >= 0.3 is 0 Å². The molecule has 0 spiro atoms. The van der Waals surface area contributed by atoms with Crippen molar-refractivity contribution in [3.63, 3.8) is 0 Å². The van der Waals surface area contributed by atoms with E-state index in [1.54, 1.807) is 0 Å². The molecule has 15 heavy (non-hydrogen) atoms. The van der Waals surface area contributed by atoms with Crippen LogP contribution in [0.3, 0.4) is 0 Å². The van der Waals surface area contributed by atoms with Crippen LogP contribution in [0.25, 0.3) is 0 Å². The molecule has 2 fully saturated rings. The smallest absolute Gasteiger partial charge is 0.210 e. The lowest BCUT2D eigenvalue weighted by Gasteiger charge is -2.44. The monoisotopic (exact) mass is 212 g/mol. The highest BCUT2D eigenvalue weighted by Crippen LogP contribution is 2.57. The molecule has 2 heteroatoms. The number of aliphatic hydroxyl groups excluding tert-OH is 1. The maximum absolute atomic E-state index is 11.0. The lowest BCUT2D eigenvalue weighted by Crippen LogP contribution is -2.41. The van der Waals surface area contributed by atoms with Gasteiger partial charge in [0.2, 0.25) is 1.43 Å². The summed E-state index contributed by atoms with van der Waals surface area (Å²) in [4.78, 5) is 11.0. The fraction of sp³-hybridized carbons (Fsp3) is 0.923. The molecule has 0 saturated heterocycles. The largest absolute Gasteiger partial charge is 0.393 e. The fourth-order valence-electron chi connectivity index (χ4n) is 4.12. The molecule has 2 aliphatic rings. The molecule has 0 aromatic carbocycles. The number of aldehydes is 1. The van der Waals surface area contributed by atoms with Crippen molar-refractivity contribution in [1.82, 2.24) is 0 Å². The summed E-state index contributed by atoms with van der Waals surface area (Å²) in [5, 5.41) is 4.89. The van der Waals surface area contributed by atoms with Gasteiger partial charge in [0.1, 0.15) is 6.29 Å². The molecule has 0 amide bonds. The van der Waals surface area contributed by atoms with Crippen LogP contribution in [-0.4, -0.2) is 18.9 Å². The third-order valence-electron chi connectivity index (χ3n) is 4.98. The zero-order valence-electron chi connectivity index (χ0n) is 10.7. The number of rotatable bonds is 3. The molecule has 2 saturated carbocycles. The molecule has 0 aromatic rings. The van der Waals surface area contributed by atoms with Crippen LogP contribution in [0.4, 0.5) is 0 Å².